The van der Waals surface area contributed by atoms with Crippen LogP contribution in [0.3, 0.4) is 0 Å². The van der Waals surface area contributed by atoms with E-state index in [4.69, 9.17) is 11.6 Å². The maximum absolute atomic E-state index is 11.0. The zero-order chi connectivity index (χ0) is 9.14. The van der Waals surface area contributed by atoms with Crippen LogP contribution in [0.5, 0.6) is 0 Å². The first-order chi connectivity index (χ1) is 5.65. The molecular formula is C7H5BrClNO2. The smallest absolute Gasteiger partial charge is 0.340 e. The number of nitrogens with zero attached hydrogens (tertiary/aromatic N) is 1. The Morgan fingerprint density at radius 3 is 2.83 bits per heavy atom. The number of halogens is 2. The van der Waals surface area contributed by atoms with Crippen LogP contribution in [0.2, 0.25) is 5.15 Å². The second kappa shape index (κ2) is 3.87. The van der Waals surface area contributed by atoms with Crippen LogP contribution in [0.4, 0.5) is 0 Å². The molecule has 0 amide bonds. The third kappa shape index (κ3) is 1.95. The fourth-order valence-corrected chi connectivity index (χ4v) is 1.41. The van der Waals surface area contributed by atoms with Gasteiger partial charge in [0.1, 0.15) is 9.76 Å². The van der Waals surface area contributed by atoms with E-state index in [1.165, 1.54) is 13.2 Å². The molecule has 1 heterocycles. The van der Waals surface area contributed by atoms with Crippen molar-refractivity contribution in [3.63, 3.8) is 0 Å². The van der Waals surface area contributed by atoms with E-state index in [9.17, 15) is 4.79 Å². The van der Waals surface area contributed by atoms with Crippen LogP contribution in [0.15, 0.2) is 16.7 Å². The van der Waals surface area contributed by atoms with Crippen molar-refractivity contribution >= 4 is 33.5 Å². The van der Waals surface area contributed by atoms with Gasteiger partial charge in [-0.15, -0.1) is 0 Å². The molecule has 0 saturated heterocycles. The highest BCUT2D eigenvalue weighted by molar-refractivity contribution is 9.10. The minimum Gasteiger partial charge on any atom is -0.465 e. The Morgan fingerprint density at radius 1 is 1.67 bits per heavy atom. The van der Waals surface area contributed by atoms with Gasteiger partial charge < -0.3 is 4.74 Å². The monoisotopic (exact) mass is 249 g/mol. The number of ether oxygens (including phenoxy) is 1. The summed E-state index contributed by atoms with van der Waals surface area (Å²) in [6, 6.07) is 3.07. The Morgan fingerprint density at radius 2 is 2.33 bits per heavy atom. The molecule has 0 aromatic carbocycles. The average Bonchev–Trinajstić information content (AvgIpc) is 2.03. The Hall–Kier alpha value is -0.610. The Bertz CT molecular complexity index is 316. The van der Waals surface area contributed by atoms with Crippen molar-refractivity contribution in [2.24, 2.45) is 0 Å². The van der Waals surface area contributed by atoms with Gasteiger partial charge in [0.15, 0.2) is 0 Å². The van der Waals surface area contributed by atoms with E-state index < -0.39 is 5.97 Å². The van der Waals surface area contributed by atoms with Gasteiger partial charge in [0.2, 0.25) is 0 Å². The molecule has 0 atom stereocenters. The third-order valence-corrected chi connectivity index (χ3v) is 2.04. The molecule has 0 bridgehead atoms. The van der Waals surface area contributed by atoms with Crippen molar-refractivity contribution in [1.82, 2.24) is 4.98 Å². The predicted molar refractivity (Wildman–Crippen MR) is 48.3 cm³/mol. The number of carbonyl (C=O) groups is 1. The van der Waals surface area contributed by atoms with Crippen molar-refractivity contribution in [2.75, 3.05) is 7.11 Å². The molecule has 1 rings (SSSR count). The van der Waals surface area contributed by atoms with E-state index in [0.717, 1.165) is 0 Å². The van der Waals surface area contributed by atoms with Gasteiger partial charge in [-0.1, -0.05) is 11.6 Å². The van der Waals surface area contributed by atoms with Crippen LogP contribution in [-0.4, -0.2) is 18.1 Å². The van der Waals surface area contributed by atoms with Gasteiger partial charge in [0.25, 0.3) is 0 Å². The van der Waals surface area contributed by atoms with E-state index >= 15 is 0 Å². The summed E-state index contributed by atoms with van der Waals surface area (Å²) in [5.74, 6) is -0.439. The number of methoxy groups -OCH3 is 1. The lowest BCUT2D eigenvalue weighted by atomic mass is 10.3. The van der Waals surface area contributed by atoms with E-state index in [-0.39, 0.29) is 0 Å². The van der Waals surface area contributed by atoms with E-state index in [1.807, 2.05) is 0 Å². The molecule has 3 nitrogen and oxygen atoms in total. The molecule has 1 aromatic heterocycles. The van der Waals surface area contributed by atoms with Gasteiger partial charge in [-0.25, -0.2) is 9.78 Å². The van der Waals surface area contributed by atoms with Crippen molar-refractivity contribution in [3.8, 4) is 0 Å². The first kappa shape index (κ1) is 9.48. The number of hydrogen-bond donors (Lipinski definition) is 0. The topological polar surface area (TPSA) is 39.2 Å². The molecule has 0 aliphatic carbocycles. The van der Waals surface area contributed by atoms with Crippen molar-refractivity contribution < 1.29 is 9.53 Å². The number of hydrogen-bond acceptors (Lipinski definition) is 3. The molecule has 64 valence electrons. The maximum atomic E-state index is 11.0. The fourth-order valence-electron chi connectivity index (χ4n) is 0.674. The minimum absolute atomic E-state index is 0.328. The first-order valence-corrected chi connectivity index (χ1v) is 4.22. The Kier molecular flexibility index (Phi) is 3.05. The van der Waals surface area contributed by atoms with Crippen LogP contribution < -0.4 is 0 Å². The molecule has 0 fully saturated rings. The summed E-state index contributed by atoms with van der Waals surface area (Å²) in [5.41, 5.74) is 0.363. The van der Waals surface area contributed by atoms with Gasteiger partial charge in [0.05, 0.1) is 12.7 Å². The van der Waals surface area contributed by atoms with Gasteiger partial charge in [-0.2, -0.15) is 0 Å². The molecule has 12 heavy (non-hydrogen) atoms. The lowest BCUT2D eigenvalue weighted by Gasteiger charge is -2.00. The van der Waals surface area contributed by atoms with Crippen molar-refractivity contribution in [3.05, 3.63) is 27.5 Å². The first-order valence-electron chi connectivity index (χ1n) is 3.05. The molecular weight excluding hydrogens is 245 g/mol. The standard InChI is InChI=1S/C7H5BrClNO2/c1-12-7(11)4-2-3-5(9)10-6(4)8/h2-3H,1H3. The summed E-state index contributed by atoms with van der Waals surface area (Å²) in [7, 11) is 1.31. The average molecular weight is 250 g/mol. The van der Waals surface area contributed by atoms with Gasteiger partial charge in [-0.3, -0.25) is 0 Å². The van der Waals surface area contributed by atoms with E-state index in [2.05, 4.69) is 25.7 Å². The molecule has 0 unspecified atom stereocenters. The van der Waals surface area contributed by atoms with Gasteiger partial charge in [0, 0.05) is 0 Å². The zero-order valence-electron chi connectivity index (χ0n) is 6.17. The maximum Gasteiger partial charge on any atom is 0.340 e. The fraction of sp³-hybridized carbons (Fsp3) is 0.143. The summed E-state index contributed by atoms with van der Waals surface area (Å²) in [5, 5.41) is 0.328. The molecule has 0 aliphatic heterocycles. The SMILES string of the molecule is COC(=O)c1ccc(Cl)nc1Br. The highest BCUT2D eigenvalue weighted by Crippen LogP contribution is 2.17. The molecule has 0 N–H and O–H groups in total. The highest BCUT2D eigenvalue weighted by atomic mass is 79.9. The van der Waals surface area contributed by atoms with Crippen molar-refractivity contribution in [1.29, 1.82) is 0 Å². The van der Waals surface area contributed by atoms with Crippen LogP contribution in [0, 0.1) is 0 Å². The lowest BCUT2D eigenvalue weighted by molar-refractivity contribution is 0.0599. The summed E-state index contributed by atoms with van der Waals surface area (Å²) in [6.45, 7) is 0. The van der Waals surface area contributed by atoms with E-state index in [1.54, 1.807) is 6.07 Å². The number of aromatic nitrogens is 1. The number of pyridine rings is 1. The summed E-state index contributed by atoms with van der Waals surface area (Å²) >= 11 is 8.66. The zero-order valence-corrected chi connectivity index (χ0v) is 8.52. The molecule has 1 aromatic rings. The summed E-state index contributed by atoms with van der Waals surface area (Å²) in [6.07, 6.45) is 0. The number of rotatable bonds is 1. The van der Waals surface area contributed by atoms with Gasteiger partial charge in [-0.05, 0) is 28.1 Å². The number of carbonyl (C=O) groups excluding carboxylic acids is 1. The van der Waals surface area contributed by atoms with E-state index in [0.29, 0.717) is 15.3 Å². The quantitative estimate of drug-likeness (QED) is 0.567. The molecule has 0 spiro atoms. The Labute approximate surface area is 82.8 Å². The van der Waals surface area contributed by atoms with Crippen LogP contribution in [0.25, 0.3) is 0 Å². The predicted octanol–water partition coefficient (Wildman–Crippen LogP) is 2.28. The van der Waals surface area contributed by atoms with Crippen LogP contribution in [0.1, 0.15) is 10.4 Å². The normalized spacial score (nSPS) is 9.58. The molecule has 0 aliphatic rings. The van der Waals surface area contributed by atoms with Gasteiger partial charge >= 0.3 is 5.97 Å². The largest absolute Gasteiger partial charge is 0.465 e. The second-order valence-corrected chi connectivity index (χ2v) is 3.10. The Balaban J connectivity index is 3.09. The molecule has 0 radical (unpaired) electrons. The summed E-state index contributed by atoms with van der Waals surface area (Å²) < 4.78 is 4.90. The third-order valence-electron chi connectivity index (χ3n) is 1.22. The van der Waals surface area contributed by atoms with Crippen LogP contribution in [-0.2, 0) is 4.74 Å². The molecule has 0 saturated carbocycles. The molecule has 5 heteroatoms. The minimum atomic E-state index is -0.439. The number of esters is 1. The summed E-state index contributed by atoms with van der Waals surface area (Å²) in [4.78, 5) is 14.8. The lowest BCUT2D eigenvalue weighted by Crippen LogP contribution is -2.02. The highest BCUT2D eigenvalue weighted by Gasteiger charge is 2.10. The second-order valence-electron chi connectivity index (χ2n) is 1.96. The van der Waals surface area contributed by atoms with Crippen molar-refractivity contribution in [2.45, 2.75) is 0 Å². The van der Waals surface area contributed by atoms with Crippen LogP contribution >= 0.6 is 27.5 Å².